The van der Waals surface area contributed by atoms with E-state index in [4.69, 9.17) is 5.73 Å². The standard InChI is InChI=1S/C17H21N3O/c1-13(15-4-3-5-16(18)12-15)17(21)20(2)11-8-14-6-9-19-10-7-14/h3-7,9-10,12-13H,8,11,18H2,1-2H3. The minimum absolute atomic E-state index is 0.106. The topological polar surface area (TPSA) is 59.2 Å². The summed E-state index contributed by atoms with van der Waals surface area (Å²) in [4.78, 5) is 18.2. The highest BCUT2D eigenvalue weighted by Crippen LogP contribution is 2.19. The van der Waals surface area contributed by atoms with E-state index in [9.17, 15) is 4.79 Å². The summed E-state index contributed by atoms with van der Waals surface area (Å²) in [5.41, 5.74) is 8.60. The largest absolute Gasteiger partial charge is 0.399 e. The van der Waals surface area contributed by atoms with E-state index in [0.29, 0.717) is 12.2 Å². The first-order valence-electron chi connectivity index (χ1n) is 7.07. The average molecular weight is 283 g/mol. The minimum Gasteiger partial charge on any atom is -0.399 e. The molecule has 0 spiro atoms. The van der Waals surface area contributed by atoms with Crippen molar-refractivity contribution in [1.29, 1.82) is 0 Å². The van der Waals surface area contributed by atoms with Crippen molar-refractivity contribution in [1.82, 2.24) is 9.88 Å². The van der Waals surface area contributed by atoms with Crippen LogP contribution in [0.15, 0.2) is 48.8 Å². The van der Waals surface area contributed by atoms with E-state index in [2.05, 4.69) is 4.98 Å². The van der Waals surface area contributed by atoms with Gasteiger partial charge in [0.2, 0.25) is 5.91 Å². The number of aromatic nitrogens is 1. The molecule has 110 valence electrons. The zero-order valence-corrected chi connectivity index (χ0v) is 12.5. The van der Waals surface area contributed by atoms with E-state index in [1.165, 1.54) is 5.56 Å². The molecule has 4 nitrogen and oxygen atoms in total. The Bertz CT molecular complexity index is 598. The van der Waals surface area contributed by atoms with Gasteiger partial charge in [-0.3, -0.25) is 9.78 Å². The molecule has 2 N–H and O–H groups in total. The van der Waals surface area contributed by atoms with Gasteiger partial charge >= 0.3 is 0 Å². The molecule has 1 atom stereocenters. The quantitative estimate of drug-likeness (QED) is 0.858. The van der Waals surface area contributed by atoms with Crippen LogP contribution in [0, 0.1) is 0 Å². The van der Waals surface area contributed by atoms with Crippen molar-refractivity contribution < 1.29 is 4.79 Å². The van der Waals surface area contributed by atoms with Gasteiger partial charge < -0.3 is 10.6 Å². The Balaban J connectivity index is 1.95. The second-order valence-corrected chi connectivity index (χ2v) is 5.26. The van der Waals surface area contributed by atoms with Crippen molar-refractivity contribution in [2.24, 2.45) is 0 Å². The lowest BCUT2D eigenvalue weighted by Gasteiger charge is -2.22. The number of benzene rings is 1. The summed E-state index contributed by atoms with van der Waals surface area (Å²) in [5, 5.41) is 0. The Kier molecular flexibility index (Phi) is 4.93. The lowest BCUT2D eigenvalue weighted by molar-refractivity contribution is -0.131. The van der Waals surface area contributed by atoms with Crippen LogP contribution in [0.3, 0.4) is 0 Å². The van der Waals surface area contributed by atoms with Crippen LogP contribution >= 0.6 is 0 Å². The molecule has 1 unspecified atom stereocenters. The van der Waals surface area contributed by atoms with Crippen molar-refractivity contribution in [3.8, 4) is 0 Å². The number of carbonyl (C=O) groups excluding carboxylic acids is 1. The molecule has 0 aliphatic rings. The lowest BCUT2D eigenvalue weighted by Crippen LogP contribution is -2.32. The Morgan fingerprint density at radius 2 is 2.00 bits per heavy atom. The molecule has 0 bridgehead atoms. The fourth-order valence-electron chi connectivity index (χ4n) is 2.26. The number of nitrogens with two attached hydrogens (primary N) is 1. The second kappa shape index (κ2) is 6.88. The minimum atomic E-state index is -0.184. The van der Waals surface area contributed by atoms with E-state index in [1.807, 2.05) is 50.4 Å². The molecule has 0 fully saturated rings. The highest BCUT2D eigenvalue weighted by Gasteiger charge is 2.19. The van der Waals surface area contributed by atoms with Gasteiger partial charge in [0.15, 0.2) is 0 Å². The van der Waals surface area contributed by atoms with Crippen LogP contribution in [-0.4, -0.2) is 29.4 Å². The predicted octanol–water partition coefficient (Wildman–Crippen LogP) is 2.47. The zero-order chi connectivity index (χ0) is 15.2. The van der Waals surface area contributed by atoms with Crippen LogP contribution in [-0.2, 0) is 11.2 Å². The Morgan fingerprint density at radius 1 is 1.29 bits per heavy atom. The summed E-state index contributed by atoms with van der Waals surface area (Å²) >= 11 is 0. The van der Waals surface area contributed by atoms with E-state index in [0.717, 1.165) is 12.0 Å². The number of hydrogen-bond donors (Lipinski definition) is 1. The summed E-state index contributed by atoms with van der Waals surface area (Å²) in [6.45, 7) is 2.61. The van der Waals surface area contributed by atoms with Crippen LogP contribution < -0.4 is 5.73 Å². The van der Waals surface area contributed by atoms with E-state index >= 15 is 0 Å². The van der Waals surface area contributed by atoms with Crippen molar-refractivity contribution in [2.75, 3.05) is 19.3 Å². The average Bonchev–Trinajstić information content (AvgIpc) is 2.52. The zero-order valence-electron chi connectivity index (χ0n) is 12.5. The van der Waals surface area contributed by atoms with E-state index in [1.54, 1.807) is 17.3 Å². The first-order valence-corrected chi connectivity index (χ1v) is 7.07. The van der Waals surface area contributed by atoms with Crippen molar-refractivity contribution in [2.45, 2.75) is 19.3 Å². The van der Waals surface area contributed by atoms with Crippen LogP contribution in [0.1, 0.15) is 24.0 Å². The molecule has 4 heteroatoms. The summed E-state index contributed by atoms with van der Waals surface area (Å²) < 4.78 is 0. The SMILES string of the molecule is CC(C(=O)N(C)CCc1ccncc1)c1cccc(N)c1. The van der Waals surface area contributed by atoms with Crippen molar-refractivity contribution >= 4 is 11.6 Å². The van der Waals surface area contributed by atoms with Crippen LogP contribution in [0.25, 0.3) is 0 Å². The third-order valence-electron chi connectivity index (χ3n) is 3.64. The summed E-state index contributed by atoms with van der Waals surface area (Å²) in [6.07, 6.45) is 4.37. The maximum Gasteiger partial charge on any atom is 0.229 e. The van der Waals surface area contributed by atoms with Gasteiger partial charge in [-0.25, -0.2) is 0 Å². The molecule has 1 amide bonds. The fraction of sp³-hybridized carbons (Fsp3) is 0.294. The summed E-state index contributed by atoms with van der Waals surface area (Å²) in [6, 6.07) is 11.5. The number of carbonyl (C=O) groups is 1. The highest BCUT2D eigenvalue weighted by molar-refractivity contribution is 5.83. The summed E-state index contributed by atoms with van der Waals surface area (Å²) in [5.74, 6) is -0.0782. The van der Waals surface area contributed by atoms with E-state index < -0.39 is 0 Å². The molecular weight excluding hydrogens is 262 g/mol. The third-order valence-corrected chi connectivity index (χ3v) is 3.64. The molecule has 1 aromatic heterocycles. The number of rotatable bonds is 5. The van der Waals surface area contributed by atoms with Gasteiger partial charge in [-0.1, -0.05) is 12.1 Å². The number of amides is 1. The molecule has 0 saturated heterocycles. The predicted molar refractivity (Wildman–Crippen MR) is 84.8 cm³/mol. The second-order valence-electron chi connectivity index (χ2n) is 5.26. The number of nitrogen functional groups attached to an aromatic ring is 1. The smallest absolute Gasteiger partial charge is 0.229 e. The van der Waals surface area contributed by atoms with Gasteiger partial charge in [0.05, 0.1) is 5.92 Å². The molecule has 1 aromatic carbocycles. The van der Waals surface area contributed by atoms with Crippen LogP contribution in [0.5, 0.6) is 0 Å². The molecule has 0 radical (unpaired) electrons. The Morgan fingerprint density at radius 3 is 2.67 bits per heavy atom. The van der Waals surface area contributed by atoms with Crippen molar-refractivity contribution in [3.05, 3.63) is 59.9 Å². The van der Waals surface area contributed by atoms with Gasteiger partial charge in [0, 0.05) is 31.7 Å². The number of pyridine rings is 1. The van der Waals surface area contributed by atoms with Crippen LogP contribution in [0.4, 0.5) is 5.69 Å². The monoisotopic (exact) mass is 283 g/mol. The normalized spacial score (nSPS) is 11.9. The van der Waals surface area contributed by atoms with Gasteiger partial charge in [-0.2, -0.15) is 0 Å². The number of likely N-dealkylation sites (N-methyl/N-ethyl adjacent to an activating group) is 1. The van der Waals surface area contributed by atoms with Crippen molar-refractivity contribution in [3.63, 3.8) is 0 Å². The van der Waals surface area contributed by atoms with Crippen LogP contribution in [0.2, 0.25) is 0 Å². The van der Waals surface area contributed by atoms with Gasteiger partial charge in [-0.05, 0) is 48.7 Å². The molecular formula is C17H21N3O. The number of nitrogens with zero attached hydrogens (tertiary/aromatic N) is 2. The molecule has 21 heavy (non-hydrogen) atoms. The molecule has 0 aliphatic carbocycles. The molecule has 0 aliphatic heterocycles. The van der Waals surface area contributed by atoms with Gasteiger partial charge in [0.25, 0.3) is 0 Å². The highest BCUT2D eigenvalue weighted by atomic mass is 16.2. The molecule has 2 rings (SSSR count). The number of anilines is 1. The first-order chi connectivity index (χ1) is 10.1. The lowest BCUT2D eigenvalue weighted by atomic mass is 9.99. The Hall–Kier alpha value is -2.36. The fourth-order valence-corrected chi connectivity index (χ4v) is 2.26. The first kappa shape index (κ1) is 15.0. The molecule has 0 saturated carbocycles. The van der Waals surface area contributed by atoms with Gasteiger partial charge in [0.1, 0.15) is 0 Å². The maximum atomic E-state index is 12.4. The summed E-state index contributed by atoms with van der Waals surface area (Å²) in [7, 11) is 1.84. The van der Waals surface area contributed by atoms with E-state index in [-0.39, 0.29) is 11.8 Å². The number of hydrogen-bond acceptors (Lipinski definition) is 3. The maximum absolute atomic E-state index is 12.4. The molecule has 1 heterocycles. The molecule has 2 aromatic rings. The third kappa shape index (κ3) is 4.05. The van der Waals surface area contributed by atoms with Gasteiger partial charge in [-0.15, -0.1) is 0 Å². The Labute approximate surface area is 125 Å².